The molecule has 1 amide bonds. The summed E-state index contributed by atoms with van der Waals surface area (Å²) in [4.78, 5) is 23.6. The molecule has 1 saturated heterocycles. The van der Waals surface area contributed by atoms with Crippen LogP contribution in [0.15, 0.2) is 79.0 Å². The number of hydrogen-bond donors (Lipinski definition) is 3. The highest BCUT2D eigenvalue weighted by atomic mass is 19.1. The second-order valence-electron chi connectivity index (χ2n) is 8.99. The van der Waals surface area contributed by atoms with E-state index >= 15 is 0 Å². The van der Waals surface area contributed by atoms with Crippen LogP contribution in [0.5, 0.6) is 5.75 Å². The fourth-order valence-corrected chi connectivity index (χ4v) is 4.18. The fraction of sp³-hybridized carbons (Fsp3) is 0.207. The second-order valence-corrected chi connectivity index (χ2v) is 8.99. The molecule has 8 nitrogen and oxygen atoms in total. The molecule has 3 N–H and O–H groups in total. The first-order chi connectivity index (χ1) is 19.0. The van der Waals surface area contributed by atoms with Crippen LogP contribution in [-0.4, -0.2) is 60.1 Å². The van der Waals surface area contributed by atoms with Crippen molar-refractivity contribution >= 4 is 23.2 Å². The van der Waals surface area contributed by atoms with E-state index in [-0.39, 0.29) is 22.9 Å². The van der Waals surface area contributed by atoms with Gasteiger partial charge in [-0.25, -0.2) is 18.7 Å². The first-order valence-electron chi connectivity index (χ1n) is 12.7. The molecule has 1 fully saturated rings. The van der Waals surface area contributed by atoms with Gasteiger partial charge in [-0.05, 0) is 36.4 Å². The van der Waals surface area contributed by atoms with Crippen LogP contribution in [0, 0.1) is 11.6 Å². The fourth-order valence-electron chi connectivity index (χ4n) is 4.18. The predicted octanol–water partition coefficient (Wildman–Crippen LogP) is 4.70. The Bertz CT molecular complexity index is 1430. The molecular formula is C29H28F2N6O2. The summed E-state index contributed by atoms with van der Waals surface area (Å²) in [5.74, 6) is -1.30. The Hall–Kier alpha value is -4.41. The van der Waals surface area contributed by atoms with Crippen LogP contribution < -0.4 is 20.7 Å². The molecule has 0 saturated carbocycles. The molecule has 4 aromatic rings. The van der Waals surface area contributed by atoms with Gasteiger partial charge in [0, 0.05) is 56.1 Å². The van der Waals surface area contributed by atoms with Crippen LogP contribution in [0.25, 0.3) is 11.3 Å². The molecular weight excluding hydrogens is 502 g/mol. The van der Waals surface area contributed by atoms with Gasteiger partial charge in [-0.3, -0.25) is 9.69 Å². The van der Waals surface area contributed by atoms with Crippen molar-refractivity contribution in [1.29, 1.82) is 0 Å². The van der Waals surface area contributed by atoms with Crippen molar-refractivity contribution in [2.24, 2.45) is 0 Å². The highest BCUT2D eigenvalue weighted by molar-refractivity contribution is 6.04. The third-order valence-corrected chi connectivity index (χ3v) is 6.27. The van der Waals surface area contributed by atoms with E-state index < -0.39 is 17.5 Å². The van der Waals surface area contributed by atoms with E-state index in [2.05, 4.69) is 30.8 Å². The number of rotatable bonds is 9. The number of benzene rings is 3. The SMILES string of the molecule is O=C(Nc1cc(OCCN2CCNCC2)ccc1F)c1ccc(Nc2nccc(-c3ccccc3)n2)c(F)c1. The van der Waals surface area contributed by atoms with Gasteiger partial charge in [0.15, 0.2) is 0 Å². The summed E-state index contributed by atoms with van der Waals surface area (Å²) >= 11 is 0. The van der Waals surface area contributed by atoms with E-state index in [9.17, 15) is 13.6 Å². The van der Waals surface area contributed by atoms with Gasteiger partial charge < -0.3 is 20.7 Å². The lowest BCUT2D eigenvalue weighted by Gasteiger charge is -2.26. The zero-order valence-electron chi connectivity index (χ0n) is 21.2. The van der Waals surface area contributed by atoms with Crippen molar-refractivity contribution in [3.63, 3.8) is 0 Å². The number of hydrogen-bond acceptors (Lipinski definition) is 7. The highest BCUT2D eigenvalue weighted by Gasteiger charge is 2.15. The van der Waals surface area contributed by atoms with Gasteiger partial charge in [0.2, 0.25) is 5.95 Å². The average molecular weight is 531 g/mol. The van der Waals surface area contributed by atoms with Crippen LogP contribution >= 0.6 is 0 Å². The van der Waals surface area contributed by atoms with E-state index in [4.69, 9.17) is 4.74 Å². The maximum Gasteiger partial charge on any atom is 0.255 e. The number of aromatic nitrogens is 2. The molecule has 0 spiro atoms. The predicted molar refractivity (Wildman–Crippen MR) is 146 cm³/mol. The molecule has 10 heteroatoms. The van der Waals surface area contributed by atoms with Crippen LogP contribution in [0.1, 0.15) is 10.4 Å². The molecule has 1 aliphatic heterocycles. The van der Waals surface area contributed by atoms with Crippen LogP contribution in [0.4, 0.5) is 26.1 Å². The standard InChI is InChI=1S/C29H28F2N6O2/c30-23-8-7-22(39-17-16-37-14-12-32-13-15-37)19-27(23)34-28(38)21-6-9-26(24(31)18-21)36-29-33-11-10-25(35-29)20-4-2-1-3-5-20/h1-11,18-19,32H,12-17H2,(H,34,38)(H,33,35,36). The molecule has 5 rings (SSSR count). The number of piperazine rings is 1. The van der Waals surface area contributed by atoms with E-state index in [1.54, 1.807) is 12.3 Å². The number of nitrogens with zero attached hydrogens (tertiary/aromatic N) is 3. The number of carbonyl (C=O) groups excluding carboxylic acids is 1. The number of carbonyl (C=O) groups is 1. The zero-order chi connectivity index (χ0) is 27.0. The van der Waals surface area contributed by atoms with Gasteiger partial charge in [0.25, 0.3) is 5.91 Å². The Morgan fingerprint density at radius 2 is 1.77 bits per heavy atom. The van der Waals surface area contributed by atoms with E-state index in [1.165, 1.54) is 30.3 Å². The minimum atomic E-state index is -0.679. The van der Waals surface area contributed by atoms with Crippen LogP contribution in [0.3, 0.4) is 0 Å². The first-order valence-corrected chi connectivity index (χ1v) is 12.7. The van der Waals surface area contributed by atoms with Crippen molar-refractivity contribution in [2.45, 2.75) is 0 Å². The van der Waals surface area contributed by atoms with Crippen LogP contribution in [-0.2, 0) is 0 Å². The molecule has 200 valence electrons. The van der Waals surface area contributed by atoms with Crippen molar-refractivity contribution in [3.8, 4) is 17.0 Å². The number of anilines is 3. The van der Waals surface area contributed by atoms with Crippen LogP contribution in [0.2, 0.25) is 0 Å². The monoisotopic (exact) mass is 530 g/mol. The summed E-state index contributed by atoms with van der Waals surface area (Å²) < 4.78 is 35.1. The lowest BCUT2D eigenvalue weighted by atomic mass is 10.1. The van der Waals surface area contributed by atoms with Gasteiger partial charge in [0.05, 0.1) is 17.1 Å². The third kappa shape index (κ3) is 6.92. The molecule has 3 aromatic carbocycles. The Kier molecular flexibility index (Phi) is 8.35. The topological polar surface area (TPSA) is 91.4 Å². The minimum Gasteiger partial charge on any atom is -0.492 e. The smallest absolute Gasteiger partial charge is 0.255 e. The molecule has 0 radical (unpaired) electrons. The normalized spacial score (nSPS) is 13.6. The largest absolute Gasteiger partial charge is 0.492 e. The summed E-state index contributed by atoms with van der Waals surface area (Å²) in [7, 11) is 0. The summed E-state index contributed by atoms with van der Waals surface area (Å²) in [6, 6.07) is 19.4. The Morgan fingerprint density at radius 3 is 2.56 bits per heavy atom. The van der Waals surface area contributed by atoms with Gasteiger partial charge >= 0.3 is 0 Å². The van der Waals surface area contributed by atoms with Crippen molar-refractivity contribution in [3.05, 3.63) is 96.2 Å². The Balaban J connectivity index is 1.21. The van der Waals surface area contributed by atoms with E-state index in [1.807, 2.05) is 30.3 Å². The quantitative estimate of drug-likeness (QED) is 0.289. The number of amides is 1. The number of ether oxygens (including phenoxy) is 1. The lowest BCUT2D eigenvalue weighted by Crippen LogP contribution is -2.44. The molecule has 0 bridgehead atoms. The summed E-state index contributed by atoms with van der Waals surface area (Å²) in [5.41, 5.74) is 1.66. The van der Waals surface area contributed by atoms with Gasteiger partial charge in [-0.15, -0.1) is 0 Å². The Morgan fingerprint density at radius 1 is 0.949 bits per heavy atom. The molecule has 39 heavy (non-hydrogen) atoms. The van der Waals surface area contributed by atoms with E-state index in [0.717, 1.165) is 44.4 Å². The second kappa shape index (κ2) is 12.4. The molecule has 2 heterocycles. The van der Waals surface area contributed by atoms with Gasteiger partial charge in [-0.1, -0.05) is 30.3 Å². The van der Waals surface area contributed by atoms with Gasteiger partial charge in [-0.2, -0.15) is 0 Å². The number of nitrogens with one attached hydrogen (secondary N) is 3. The summed E-state index contributed by atoms with van der Waals surface area (Å²) in [5, 5.41) is 8.65. The molecule has 0 unspecified atom stereocenters. The maximum absolute atomic E-state index is 14.9. The van der Waals surface area contributed by atoms with Crippen molar-refractivity contribution in [1.82, 2.24) is 20.2 Å². The van der Waals surface area contributed by atoms with Crippen molar-refractivity contribution < 1.29 is 18.3 Å². The van der Waals surface area contributed by atoms with Crippen molar-refractivity contribution in [2.75, 3.05) is 50.0 Å². The molecule has 0 aliphatic carbocycles. The average Bonchev–Trinajstić information content (AvgIpc) is 2.97. The zero-order valence-corrected chi connectivity index (χ0v) is 21.2. The number of halogens is 2. The summed E-state index contributed by atoms with van der Waals surface area (Å²) in [6.07, 6.45) is 1.58. The molecule has 1 aromatic heterocycles. The molecule has 1 aliphatic rings. The molecule has 0 atom stereocenters. The van der Waals surface area contributed by atoms with Gasteiger partial charge in [0.1, 0.15) is 24.0 Å². The lowest BCUT2D eigenvalue weighted by molar-refractivity contribution is 0.102. The first kappa shape index (κ1) is 26.2. The highest BCUT2D eigenvalue weighted by Crippen LogP contribution is 2.24. The third-order valence-electron chi connectivity index (χ3n) is 6.27. The Labute approximate surface area is 225 Å². The van der Waals surface area contributed by atoms with E-state index in [0.29, 0.717) is 18.1 Å². The summed E-state index contributed by atoms with van der Waals surface area (Å²) in [6.45, 7) is 4.98. The maximum atomic E-state index is 14.9. The minimum absolute atomic E-state index is 0.0291.